The van der Waals surface area contributed by atoms with Crippen molar-refractivity contribution in [2.24, 2.45) is 0 Å². The lowest BCUT2D eigenvalue weighted by Gasteiger charge is -2.05. The fraction of sp³-hybridized carbons (Fsp3) is 1.00. The Morgan fingerprint density at radius 2 is 0.933 bits per heavy atom. The second kappa shape index (κ2) is 13.8. The number of hydrogen-bond acceptors (Lipinski definition) is 4. The largest absolute Gasteiger partial charge is 0.379 e. The molecule has 0 bridgehead atoms. The van der Waals surface area contributed by atoms with Gasteiger partial charge in [0.1, 0.15) is 0 Å². The molecule has 15 heavy (non-hydrogen) atoms. The molecule has 0 unspecified atom stereocenters. The summed E-state index contributed by atoms with van der Waals surface area (Å²) in [6, 6.07) is 0. The van der Waals surface area contributed by atoms with E-state index >= 15 is 0 Å². The van der Waals surface area contributed by atoms with Crippen molar-refractivity contribution in [1.82, 2.24) is 0 Å². The van der Waals surface area contributed by atoms with Crippen LogP contribution in [0.1, 0.15) is 20.3 Å². The van der Waals surface area contributed by atoms with Crippen molar-refractivity contribution in [1.29, 1.82) is 0 Å². The van der Waals surface area contributed by atoms with Crippen molar-refractivity contribution in [2.75, 3.05) is 52.9 Å². The monoisotopic (exact) mass is 220 g/mol. The van der Waals surface area contributed by atoms with Gasteiger partial charge in [0.25, 0.3) is 0 Å². The number of ether oxygens (including phenoxy) is 4. The summed E-state index contributed by atoms with van der Waals surface area (Å²) in [7, 11) is 0. The van der Waals surface area contributed by atoms with Gasteiger partial charge in [0.15, 0.2) is 0 Å². The number of hydrogen-bond donors (Lipinski definition) is 0. The Morgan fingerprint density at radius 1 is 0.533 bits per heavy atom. The van der Waals surface area contributed by atoms with Crippen LogP contribution < -0.4 is 0 Å². The zero-order chi connectivity index (χ0) is 11.2. The van der Waals surface area contributed by atoms with Crippen LogP contribution in [0.5, 0.6) is 0 Å². The first-order valence-electron chi connectivity index (χ1n) is 5.72. The van der Waals surface area contributed by atoms with Crippen molar-refractivity contribution in [3.8, 4) is 0 Å². The summed E-state index contributed by atoms with van der Waals surface area (Å²) in [5.41, 5.74) is 0. The van der Waals surface area contributed by atoms with Gasteiger partial charge in [-0.15, -0.1) is 0 Å². The summed E-state index contributed by atoms with van der Waals surface area (Å²) >= 11 is 0. The van der Waals surface area contributed by atoms with Gasteiger partial charge in [-0.3, -0.25) is 0 Å². The Morgan fingerprint density at radius 3 is 1.33 bits per heavy atom. The van der Waals surface area contributed by atoms with Crippen molar-refractivity contribution >= 4 is 0 Å². The Balaban J connectivity index is 2.81. The van der Waals surface area contributed by atoms with Gasteiger partial charge < -0.3 is 18.9 Å². The Labute approximate surface area is 92.8 Å². The normalized spacial score (nSPS) is 10.8. The maximum atomic E-state index is 5.33. The first-order chi connectivity index (χ1) is 7.41. The van der Waals surface area contributed by atoms with Crippen LogP contribution in [-0.2, 0) is 18.9 Å². The van der Waals surface area contributed by atoms with Crippen LogP contribution in [0.25, 0.3) is 0 Å². The molecule has 0 N–H and O–H groups in total. The predicted molar refractivity (Wildman–Crippen MR) is 59.2 cm³/mol. The van der Waals surface area contributed by atoms with Gasteiger partial charge in [-0.25, -0.2) is 0 Å². The topological polar surface area (TPSA) is 36.9 Å². The van der Waals surface area contributed by atoms with Crippen molar-refractivity contribution in [2.45, 2.75) is 20.3 Å². The average Bonchev–Trinajstić information content (AvgIpc) is 2.26. The van der Waals surface area contributed by atoms with Gasteiger partial charge in [0.2, 0.25) is 0 Å². The third-order valence-electron chi connectivity index (χ3n) is 1.73. The van der Waals surface area contributed by atoms with Crippen LogP contribution in [0.2, 0.25) is 0 Å². The fourth-order valence-electron chi connectivity index (χ4n) is 0.992. The molecule has 0 atom stereocenters. The molecule has 0 saturated carbocycles. The van der Waals surface area contributed by atoms with E-state index in [-0.39, 0.29) is 0 Å². The lowest BCUT2D eigenvalue weighted by Crippen LogP contribution is -2.09. The van der Waals surface area contributed by atoms with Crippen LogP contribution in [0.15, 0.2) is 0 Å². The minimum atomic E-state index is 0.673. The summed E-state index contributed by atoms with van der Waals surface area (Å²) in [6.45, 7) is 9.65. The molecule has 0 spiro atoms. The van der Waals surface area contributed by atoms with E-state index in [1.54, 1.807) is 0 Å². The van der Waals surface area contributed by atoms with Crippen LogP contribution >= 0.6 is 0 Å². The molecule has 0 amide bonds. The summed E-state index contributed by atoms with van der Waals surface area (Å²) in [6.07, 6.45) is 0.929. The standard InChI is InChI=1S/C11H24O4/c1-3-12-8-10-14-6-5-7-15-11-9-13-4-2/h3-11H2,1-2H3. The first kappa shape index (κ1) is 14.8. The average molecular weight is 220 g/mol. The molecule has 0 aliphatic rings. The second-order valence-electron chi connectivity index (χ2n) is 2.97. The van der Waals surface area contributed by atoms with E-state index in [1.807, 2.05) is 13.8 Å². The highest BCUT2D eigenvalue weighted by atomic mass is 16.5. The molecule has 0 aromatic heterocycles. The molecule has 0 aliphatic heterocycles. The quantitative estimate of drug-likeness (QED) is 0.467. The smallest absolute Gasteiger partial charge is 0.0700 e. The Hall–Kier alpha value is -0.160. The molecule has 0 rings (SSSR count). The van der Waals surface area contributed by atoms with E-state index in [0.29, 0.717) is 26.4 Å². The molecule has 0 saturated heterocycles. The Bertz CT molecular complexity index is 96.8. The minimum absolute atomic E-state index is 0.673. The second-order valence-corrected chi connectivity index (χ2v) is 2.97. The Kier molecular flexibility index (Phi) is 13.7. The van der Waals surface area contributed by atoms with Gasteiger partial charge >= 0.3 is 0 Å². The van der Waals surface area contributed by atoms with E-state index in [0.717, 1.165) is 32.8 Å². The van der Waals surface area contributed by atoms with Crippen LogP contribution in [-0.4, -0.2) is 52.9 Å². The molecule has 0 fully saturated rings. The zero-order valence-corrected chi connectivity index (χ0v) is 10.00. The van der Waals surface area contributed by atoms with Gasteiger partial charge in [0, 0.05) is 26.4 Å². The molecule has 4 heteroatoms. The first-order valence-corrected chi connectivity index (χ1v) is 5.72. The van der Waals surface area contributed by atoms with Gasteiger partial charge in [-0.1, -0.05) is 0 Å². The van der Waals surface area contributed by atoms with Gasteiger partial charge in [-0.05, 0) is 20.3 Å². The number of rotatable bonds is 12. The summed E-state index contributed by atoms with van der Waals surface area (Å²) in [5.74, 6) is 0. The molecule has 0 aromatic rings. The molecule has 92 valence electrons. The summed E-state index contributed by atoms with van der Waals surface area (Å²) in [5, 5.41) is 0. The predicted octanol–water partition coefficient (Wildman–Crippen LogP) is 1.48. The van der Waals surface area contributed by atoms with E-state index in [4.69, 9.17) is 18.9 Å². The maximum absolute atomic E-state index is 5.33. The molecule has 0 heterocycles. The lowest BCUT2D eigenvalue weighted by molar-refractivity contribution is 0.0254. The van der Waals surface area contributed by atoms with Crippen molar-refractivity contribution in [3.63, 3.8) is 0 Å². The highest BCUT2D eigenvalue weighted by Crippen LogP contribution is 1.86. The minimum Gasteiger partial charge on any atom is -0.379 e. The van der Waals surface area contributed by atoms with E-state index < -0.39 is 0 Å². The molecule has 4 nitrogen and oxygen atoms in total. The van der Waals surface area contributed by atoms with Gasteiger partial charge in [0.05, 0.1) is 26.4 Å². The van der Waals surface area contributed by atoms with E-state index in [9.17, 15) is 0 Å². The maximum Gasteiger partial charge on any atom is 0.0700 e. The van der Waals surface area contributed by atoms with E-state index in [1.165, 1.54) is 0 Å². The zero-order valence-electron chi connectivity index (χ0n) is 10.00. The molecular formula is C11H24O4. The molecule has 0 aromatic carbocycles. The third kappa shape index (κ3) is 13.8. The highest BCUT2D eigenvalue weighted by molar-refractivity contribution is 4.36. The molecule has 0 radical (unpaired) electrons. The summed E-state index contributed by atoms with van der Waals surface area (Å²) in [4.78, 5) is 0. The molecule has 0 aliphatic carbocycles. The van der Waals surface area contributed by atoms with E-state index in [2.05, 4.69) is 0 Å². The van der Waals surface area contributed by atoms with Crippen molar-refractivity contribution < 1.29 is 18.9 Å². The SMILES string of the molecule is CCOCCOCCCOCCOCC. The molecular weight excluding hydrogens is 196 g/mol. The highest BCUT2D eigenvalue weighted by Gasteiger charge is 1.91. The van der Waals surface area contributed by atoms with Crippen LogP contribution in [0.4, 0.5) is 0 Å². The summed E-state index contributed by atoms with van der Waals surface area (Å²) < 4.78 is 20.9. The lowest BCUT2D eigenvalue weighted by atomic mass is 10.5. The van der Waals surface area contributed by atoms with Gasteiger partial charge in [-0.2, -0.15) is 0 Å². The van der Waals surface area contributed by atoms with Crippen LogP contribution in [0, 0.1) is 0 Å². The van der Waals surface area contributed by atoms with Crippen LogP contribution in [0.3, 0.4) is 0 Å². The third-order valence-corrected chi connectivity index (χ3v) is 1.73. The van der Waals surface area contributed by atoms with Crippen molar-refractivity contribution in [3.05, 3.63) is 0 Å². The fourth-order valence-corrected chi connectivity index (χ4v) is 0.992.